The van der Waals surface area contributed by atoms with Gasteiger partial charge in [0.1, 0.15) is 6.42 Å². The Morgan fingerprint density at radius 3 is 1.54 bits per heavy atom. The van der Waals surface area contributed by atoms with Crippen molar-refractivity contribution in [2.24, 2.45) is 5.92 Å². The lowest BCUT2D eigenvalue weighted by Gasteiger charge is -2.09. The van der Waals surface area contributed by atoms with Crippen molar-refractivity contribution >= 4 is 11.9 Å². The van der Waals surface area contributed by atoms with Crippen LogP contribution in [0.2, 0.25) is 0 Å². The van der Waals surface area contributed by atoms with E-state index in [-0.39, 0.29) is 6.42 Å². The summed E-state index contributed by atoms with van der Waals surface area (Å²) in [6.07, 6.45) is 18.4. The molecule has 0 aliphatic carbocycles. The van der Waals surface area contributed by atoms with Gasteiger partial charge >= 0.3 is 11.9 Å². The minimum atomic E-state index is -0.473. The van der Waals surface area contributed by atoms with E-state index < -0.39 is 11.9 Å². The molecule has 0 saturated carbocycles. The van der Waals surface area contributed by atoms with Crippen LogP contribution in [0.5, 0.6) is 0 Å². The quantitative estimate of drug-likeness (QED) is 0.126. The van der Waals surface area contributed by atoms with E-state index in [0.717, 1.165) is 25.7 Å². The van der Waals surface area contributed by atoms with E-state index in [1.807, 2.05) is 0 Å². The number of unbranched alkanes of at least 4 members (excludes halogenated alkanes) is 12. The van der Waals surface area contributed by atoms with Gasteiger partial charge in [-0.2, -0.15) is 0 Å². The van der Waals surface area contributed by atoms with E-state index in [1.165, 1.54) is 70.6 Å². The maximum atomic E-state index is 11.6. The van der Waals surface area contributed by atoms with Gasteiger partial charge in [-0.25, -0.2) is 0 Å². The Hall–Kier alpha value is -1.06. The van der Waals surface area contributed by atoms with Crippen LogP contribution in [0.4, 0.5) is 0 Å². The van der Waals surface area contributed by atoms with Gasteiger partial charge in [0.2, 0.25) is 0 Å². The fourth-order valence-electron chi connectivity index (χ4n) is 3.10. The van der Waals surface area contributed by atoms with Crippen LogP contribution < -0.4 is 0 Å². The Morgan fingerprint density at radius 1 is 0.643 bits per heavy atom. The minimum Gasteiger partial charge on any atom is -0.465 e. The largest absolute Gasteiger partial charge is 0.465 e. The van der Waals surface area contributed by atoms with Crippen LogP contribution >= 0.6 is 0 Å². The Bertz CT molecular complexity index is 368. The molecule has 28 heavy (non-hydrogen) atoms. The zero-order valence-electron chi connectivity index (χ0n) is 18.9. The summed E-state index contributed by atoms with van der Waals surface area (Å²) in [7, 11) is 0. The third-order valence-corrected chi connectivity index (χ3v) is 5.37. The van der Waals surface area contributed by atoms with Crippen LogP contribution in [0.25, 0.3) is 0 Å². The van der Waals surface area contributed by atoms with Crippen molar-refractivity contribution in [1.82, 2.24) is 0 Å². The summed E-state index contributed by atoms with van der Waals surface area (Å²) in [6.45, 7) is 7.30. The first kappa shape index (κ1) is 26.9. The lowest BCUT2D eigenvalue weighted by atomic mass is 10.0. The third-order valence-electron chi connectivity index (χ3n) is 5.37. The zero-order chi connectivity index (χ0) is 20.9. The predicted molar refractivity (Wildman–Crippen MR) is 116 cm³/mol. The Morgan fingerprint density at radius 2 is 1.07 bits per heavy atom. The fourth-order valence-corrected chi connectivity index (χ4v) is 3.10. The number of carbonyl (C=O) groups excluding carboxylic acids is 2. The van der Waals surface area contributed by atoms with Crippen LogP contribution in [0.15, 0.2) is 0 Å². The second-order valence-corrected chi connectivity index (χ2v) is 8.16. The van der Waals surface area contributed by atoms with E-state index in [1.54, 1.807) is 0 Å². The summed E-state index contributed by atoms with van der Waals surface area (Å²) in [5.41, 5.74) is 0. The molecule has 0 N–H and O–H groups in total. The molecular formula is C24H46O4. The summed E-state index contributed by atoms with van der Waals surface area (Å²) >= 11 is 0. The molecule has 1 unspecified atom stereocenters. The summed E-state index contributed by atoms with van der Waals surface area (Å²) in [4.78, 5) is 23.2. The Kier molecular flexibility index (Phi) is 19.9. The molecule has 0 fully saturated rings. The van der Waals surface area contributed by atoms with E-state index in [2.05, 4.69) is 20.8 Å². The van der Waals surface area contributed by atoms with E-state index >= 15 is 0 Å². The van der Waals surface area contributed by atoms with Crippen molar-refractivity contribution in [2.75, 3.05) is 13.2 Å². The number of rotatable bonds is 20. The smallest absolute Gasteiger partial charge is 0.317 e. The highest BCUT2D eigenvalue weighted by molar-refractivity contribution is 5.91. The molecule has 0 aromatic rings. The van der Waals surface area contributed by atoms with E-state index in [9.17, 15) is 9.59 Å². The second kappa shape index (κ2) is 20.7. The molecule has 0 bridgehead atoms. The van der Waals surface area contributed by atoms with Gasteiger partial charge in [0.15, 0.2) is 0 Å². The normalized spacial score (nSPS) is 12.0. The number of esters is 2. The lowest BCUT2D eigenvalue weighted by molar-refractivity contribution is -0.154. The van der Waals surface area contributed by atoms with Gasteiger partial charge in [0, 0.05) is 0 Å². The summed E-state index contributed by atoms with van der Waals surface area (Å²) in [5, 5.41) is 0. The highest BCUT2D eigenvalue weighted by atomic mass is 16.6. The minimum absolute atomic E-state index is 0.265. The van der Waals surface area contributed by atoms with Gasteiger partial charge in [0.25, 0.3) is 0 Å². The van der Waals surface area contributed by atoms with Gasteiger partial charge in [-0.05, 0) is 18.8 Å². The van der Waals surface area contributed by atoms with Gasteiger partial charge < -0.3 is 9.47 Å². The molecule has 0 spiro atoms. The Labute approximate surface area is 174 Å². The van der Waals surface area contributed by atoms with E-state index in [4.69, 9.17) is 9.47 Å². The van der Waals surface area contributed by atoms with Gasteiger partial charge in [-0.3, -0.25) is 9.59 Å². The van der Waals surface area contributed by atoms with Crippen molar-refractivity contribution in [2.45, 2.75) is 124 Å². The Balaban J connectivity index is 3.31. The molecule has 166 valence electrons. The first-order valence-corrected chi connectivity index (χ1v) is 11.9. The standard InChI is InChI=1S/C24H46O4/c1-4-6-7-8-9-10-11-12-13-14-15-16-17-19-27-23(25)21-24(26)28-20-18-22(3)5-2/h22H,4-21H2,1-3H3. The highest BCUT2D eigenvalue weighted by Gasteiger charge is 2.12. The maximum absolute atomic E-state index is 11.6. The molecule has 0 aliphatic heterocycles. The van der Waals surface area contributed by atoms with Crippen LogP contribution in [0.1, 0.15) is 124 Å². The molecule has 0 rings (SSSR count). The van der Waals surface area contributed by atoms with Gasteiger partial charge in [-0.1, -0.05) is 104 Å². The first-order chi connectivity index (χ1) is 13.6. The van der Waals surface area contributed by atoms with Crippen molar-refractivity contribution < 1.29 is 19.1 Å². The molecule has 0 aromatic heterocycles. The second-order valence-electron chi connectivity index (χ2n) is 8.16. The molecule has 0 aromatic carbocycles. The predicted octanol–water partition coefficient (Wildman–Crippen LogP) is 6.99. The third kappa shape index (κ3) is 19.7. The molecule has 0 radical (unpaired) electrons. The van der Waals surface area contributed by atoms with Crippen LogP contribution in [-0.2, 0) is 19.1 Å². The molecule has 0 saturated heterocycles. The van der Waals surface area contributed by atoms with Crippen molar-refractivity contribution in [3.8, 4) is 0 Å². The van der Waals surface area contributed by atoms with Crippen LogP contribution in [0, 0.1) is 5.92 Å². The van der Waals surface area contributed by atoms with Crippen LogP contribution in [0.3, 0.4) is 0 Å². The number of hydrogen-bond acceptors (Lipinski definition) is 4. The van der Waals surface area contributed by atoms with Crippen molar-refractivity contribution in [3.63, 3.8) is 0 Å². The first-order valence-electron chi connectivity index (χ1n) is 11.9. The number of ether oxygens (including phenoxy) is 2. The summed E-state index contributed by atoms with van der Waals surface area (Å²) in [5.74, 6) is -0.401. The average molecular weight is 399 g/mol. The van der Waals surface area contributed by atoms with Gasteiger partial charge in [0.05, 0.1) is 13.2 Å². The number of carbonyl (C=O) groups is 2. The van der Waals surface area contributed by atoms with Crippen molar-refractivity contribution in [3.05, 3.63) is 0 Å². The van der Waals surface area contributed by atoms with E-state index in [0.29, 0.717) is 19.1 Å². The van der Waals surface area contributed by atoms with Crippen molar-refractivity contribution in [1.29, 1.82) is 0 Å². The fraction of sp³-hybridized carbons (Fsp3) is 0.917. The molecule has 4 heteroatoms. The molecule has 0 aliphatic rings. The highest BCUT2D eigenvalue weighted by Crippen LogP contribution is 2.12. The SMILES string of the molecule is CCCCCCCCCCCCCCCOC(=O)CC(=O)OCCC(C)CC. The monoisotopic (exact) mass is 398 g/mol. The molecule has 0 heterocycles. The maximum Gasteiger partial charge on any atom is 0.317 e. The topological polar surface area (TPSA) is 52.6 Å². The summed E-state index contributed by atoms with van der Waals surface area (Å²) < 4.78 is 10.2. The molecular weight excluding hydrogens is 352 g/mol. The number of hydrogen-bond donors (Lipinski definition) is 0. The molecule has 0 amide bonds. The van der Waals surface area contributed by atoms with Crippen LogP contribution in [-0.4, -0.2) is 25.2 Å². The van der Waals surface area contributed by atoms with Gasteiger partial charge in [-0.15, -0.1) is 0 Å². The molecule has 4 nitrogen and oxygen atoms in total. The average Bonchev–Trinajstić information content (AvgIpc) is 2.68. The summed E-state index contributed by atoms with van der Waals surface area (Å²) in [6, 6.07) is 0. The zero-order valence-corrected chi connectivity index (χ0v) is 18.9. The molecule has 1 atom stereocenters. The lowest BCUT2D eigenvalue weighted by Crippen LogP contribution is -2.15.